The highest BCUT2D eigenvalue weighted by molar-refractivity contribution is 5.78. The summed E-state index contributed by atoms with van der Waals surface area (Å²) in [6, 6.07) is 5.21. The number of phenols is 1. The molecule has 1 aromatic rings. The van der Waals surface area contributed by atoms with Crippen LogP contribution in [0.5, 0.6) is 5.75 Å². The molecule has 2 atom stereocenters. The van der Waals surface area contributed by atoms with Crippen LogP contribution < -0.4 is 5.73 Å². The van der Waals surface area contributed by atoms with Crippen LogP contribution in [0.1, 0.15) is 28.4 Å². The van der Waals surface area contributed by atoms with Crippen LogP contribution in [0.4, 0.5) is 0 Å². The lowest BCUT2D eigenvalue weighted by molar-refractivity contribution is 0.112. The van der Waals surface area contributed by atoms with E-state index in [0.717, 1.165) is 24.8 Å². The Morgan fingerprint density at radius 2 is 2.35 bits per heavy atom. The van der Waals surface area contributed by atoms with Crippen LogP contribution in [-0.4, -0.2) is 36.4 Å². The molecule has 4 heteroatoms. The zero-order valence-electron chi connectivity index (χ0n) is 9.97. The van der Waals surface area contributed by atoms with Gasteiger partial charge in [0.15, 0.2) is 6.29 Å². The van der Waals surface area contributed by atoms with Crippen molar-refractivity contribution in [2.24, 2.45) is 11.7 Å². The minimum atomic E-state index is 0.131. The molecular weight excluding hydrogens is 216 g/mol. The lowest BCUT2D eigenvalue weighted by Gasteiger charge is -2.21. The fraction of sp³-hybridized carbons (Fsp3) is 0.462. The zero-order chi connectivity index (χ0) is 12.4. The lowest BCUT2D eigenvalue weighted by atomic mass is 9.96. The number of nitrogens with zero attached hydrogens (tertiary/aromatic N) is 1. The van der Waals surface area contributed by atoms with E-state index in [2.05, 4.69) is 4.90 Å². The quantitative estimate of drug-likeness (QED) is 0.770. The number of hydrogen-bond acceptors (Lipinski definition) is 4. The monoisotopic (exact) mass is 234 g/mol. The SMILES string of the molecule is CN1CC(CN)CC1c1ccc(O)cc1C=O. The molecule has 2 unspecified atom stereocenters. The second-order valence-corrected chi connectivity index (χ2v) is 4.72. The number of hydrogen-bond donors (Lipinski definition) is 2. The number of benzene rings is 1. The molecule has 0 radical (unpaired) electrons. The standard InChI is InChI=1S/C13H18N2O2/c1-15-7-9(6-14)4-13(15)12-3-2-11(17)5-10(12)8-16/h2-3,5,8-9,13,17H,4,6-7,14H2,1H3. The fourth-order valence-corrected chi connectivity index (χ4v) is 2.61. The Bertz CT molecular complexity index is 420. The molecule has 1 heterocycles. The summed E-state index contributed by atoms with van der Waals surface area (Å²) in [5.74, 6) is 0.616. The Hall–Kier alpha value is -1.39. The van der Waals surface area contributed by atoms with E-state index in [1.54, 1.807) is 6.07 Å². The summed E-state index contributed by atoms with van der Waals surface area (Å²) >= 11 is 0. The van der Waals surface area contributed by atoms with E-state index in [4.69, 9.17) is 5.73 Å². The minimum absolute atomic E-state index is 0.131. The van der Waals surface area contributed by atoms with Gasteiger partial charge < -0.3 is 10.8 Å². The summed E-state index contributed by atoms with van der Waals surface area (Å²) in [5.41, 5.74) is 7.25. The Morgan fingerprint density at radius 1 is 1.59 bits per heavy atom. The highest BCUT2D eigenvalue weighted by Crippen LogP contribution is 2.35. The normalized spacial score (nSPS) is 25.1. The van der Waals surface area contributed by atoms with Gasteiger partial charge in [0.2, 0.25) is 0 Å². The highest BCUT2D eigenvalue weighted by Gasteiger charge is 2.30. The van der Waals surface area contributed by atoms with Crippen molar-refractivity contribution in [2.75, 3.05) is 20.1 Å². The number of aldehydes is 1. The molecule has 0 amide bonds. The van der Waals surface area contributed by atoms with Crippen LogP contribution in [0.15, 0.2) is 18.2 Å². The molecule has 0 bridgehead atoms. The zero-order valence-corrected chi connectivity index (χ0v) is 9.97. The maximum absolute atomic E-state index is 11.0. The van der Waals surface area contributed by atoms with Gasteiger partial charge in [0.1, 0.15) is 5.75 Å². The molecule has 1 aliphatic heterocycles. The topological polar surface area (TPSA) is 66.6 Å². The first-order valence-corrected chi connectivity index (χ1v) is 5.84. The number of phenolic OH excluding ortho intramolecular Hbond substituents is 1. The van der Waals surface area contributed by atoms with Crippen molar-refractivity contribution < 1.29 is 9.90 Å². The fourth-order valence-electron chi connectivity index (χ4n) is 2.61. The molecule has 0 saturated carbocycles. The summed E-state index contributed by atoms with van der Waals surface area (Å²) in [5, 5.41) is 9.38. The van der Waals surface area contributed by atoms with Crippen LogP contribution in [0.25, 0.3) is 0 Å². The van der Waals surface area contributed by atoms with Gasteiger partial charge in [0.25, 0.3) is 0 Å². The number of likely N-dealkylation sites (tertiary alicyclic amines) is 1. The predicted molar refractivity (Wildman–Crippen MR) is 66.0 cm³/mol. The first kappa shape index (κ1) is 12.1. The number of rotatable bonds is 3. The molecule has 0 aromatic heterocycles. The van der Waals surface area contributed by atoms with E-state index >= 15 is 0 Å². The molecule has 2 rings (SSSR count). The van der Waals surface area contributed by atoms with Crippen molar-refractivity contribution in [3.8, 4) is 5.75 Å². The van der Waals surface area contributed by atoms with Gasteiger partial charge in [-0.05, 0) is 43.6 Å². The summed E-state index contributed by atoms with van der Waals surface area (Å²) in [4.78, 5) is 13.3. The molecule has 0 spiro atoms. The van der Waals surface area contributed by atoms with Crippen LogP contribution >= 0.6 is 0 Å². The van der Waals surface area contributed by atoms with Crippen molar-refractivity contribution >= 4 is 6.29 Å². The van der Waals surface area contributed by atoms with Gasteiger partial charge in [-0.15, -0.1) is 0 Å². The van der Waals surface area contributed by atoms with E-state index in [9.17, 15) is 9.90 Å². The molecule has 3 N–H and O–H groups in total. The van der Waals surface area contributed by atoms with Crippen molar-refractivity contribution in [3.63, 3.8) is 0 Å². The molecule has 1 aliphatic rings. The van der Waals surface area contributed by atoms with Crippen LogP contribution in [0, 0.1) is 5.92 Å². The Balaban J connectivity index is 2.31. The van der Waals surface area contributed by atoms with Crippen LogP contribution in [0.2, 0.25) is 0 Å². The Labute approximate surface area is 101 Å². The van der Waals surface area contributed by atoms with Crippen molar-refractivity contribution in [1.29, 1.82) is 0 Å². The summed E-state index contributed by atoms with van der Waals surface area (Å²) in [6.07, 6.45) is 1.78. The first-order chi connectivity index (χ1) is 8.15. The third kappa shape index (κ3) is 2.33. The maximum Gasteiger partial charge on any atom is 0.150 e. The van der Waals surface area contributed by atoms with E-state index < -0.39 is 0 Å². The van der Waals surface area contributed by atoms with Gasteiger partial charge in [-0.1, -0.05) is 6.07 Å². The molecule has 17 heavy (non-hydrogen) atoms. The molecule has 1 fully saturated rings. The van der Waals surface area contributed by atoms with Gasteiger partial charge in [-0.25, -0.2) is 0 Å². The van der Waals surface area contributed by atoms with Gasteiger partial charge in [-0.3, -0.25) is 9.69 Å². The number of aromatic hydroxyl groups is 1. The first-order valence-electron chi connectivity index (χ1n) is 5.84. The molecular formula is C13H18N2O2. The summed E-state index contributed by atoms with van der Waals surface area (Å²) < 4.78 is 0. The third-order valence-corrected chi connectivity index (χ3v) is 3.52. The maximum atomic E-state index is 11.0. The smallest absolute Gasteiger partial charge is 0.150 e. The molecule has 92 valence electrons. The van der Waals surface area contributed by atoms with E-state index in [1.165, 1.54) is 6.07 Å². The second-order valence-electron chi connectivity index (χ2n) is 4.72. The minimum Gasteiger partial charge on any atom is -0.508 e. The molecule has 4 nitrogen and oxygen atoms in total. The van der Waals surface area contributed by atoms with Crippen LogP contribution in [0.3, 0.4) is 0 Å². The Kier molecular flexibility index (Phi) is 3.45. The van der Waals surface area contributed by atoms with Gasteiger partial charge >= 0.3 is 0 Å². The number of carbonyl (C=O) groups excluding carboxylic acids is 1. The molecule has 0 aliphatic carbocycles. The van der Waals surface area contributed by atoms with E-state index in [1.807, 2.05) is 13.1 Å². The summed E-state index contributed by atoms with van der Waals surface area (Å²) in [7, 11) is 2.04. The van der Waals surface area contributed by atoms with Crippen molar-refractivity contribution in [2.45, 2.75) is 12.5 Å². The van der Waals surface area contributed by atoms with Crippen molar-refractivity contribution in [1.82, 2.24) is 4.90 Å². The average molecular weight is 234 g/mol. The van der Waals surface area contributed by atoms with E-state index in [-0.39, 0.29) is 11.8 Å². The third-order valence-electron chi connectivity index (χ3n) is 3.52. The predicted octanol–water partition coefficient (Wildman–Crippen LogP) is 1.16. The second kappa shape index (κ2) is 4.85. The summed E-state index contributed by atoms with van der Waals surface area (Å²) in [6.45, 7) is 1.63. The van der Waals surface area contributed by atoms with Crippen LogP contribution in [-0.2, 0) is 0 Å². The largest absolute Gasteiger partial charge is 0.508 e. The van der Waals surface area contributed by atoms with Gasteiger partial charge in [0, 0.05) is 18.2 Å². The molecule has 1 aromatic carbocycles. The average Bonchev–Trinajstić information content (AvgIpc) is 2.70. The highest BCUT2D eigenvalue weighted by atomic mass is 16.3. The number of nitrogens with two attached hydrogens (primary N) is 1. The van der Waals surface area contributed by atoms with Crippen molar-refractivity contribution in [3.05, 3.63) is 29.3 Å². The Morgan fingerprint density at radius 3 is 2.94 bits per heavy atom. The number of carbonyl (C=O) groups is 1. The molecule has 1 saturated heterocycles. The van der Waals surface area contributed by atoms with Gasteiger partial charge in [0.05, 0.1) is 0 Å². The van der Waals surface area contributed by atoms with Gasteiger partial charge in [-0.2, -0.15) is 0 Å². The van der Waals surface area contributed by atoms with E-state index in [0.29, 0.717) is 18.0 Å². The lowest BCUT2D eigenvalue weighted by Crippen LogP contribution is -2.21.